The smallest absolute Gasteiger partial charge is 0.323 e. The third-order valence-electron chi connectivity index (χ3n) is 7.51. The van der Waals surface area contributed by atoms with Gasteiger partial charge in [0.05, 0.1) is 5.56 Å². The zero-order valence-electron chi connectivity index (χ0n) is 21.6. The van der Waals surface area contributed by atoms with Gasteiger partial charge in [0.25, 0.3) is 5.91 Å². The van der Waals surface area contributed by atoms with E-state index in [0.29, 0.717) is 17.2 Å². The zero-order valence-corrected chi connectivity index (χ0v) is 21.6. The standard InChI is InChI=1S/C31H36N4O2/c1-23-9-11-26(12-10-23)32-31(37)33-27-13-14-29(28(22-27)30(36)35-17-5-6-18-35)34-19-15-25(16-20-34)21-24-7-3-2-4-8-24/h2-4,7-14,22,25H,5-6,15-21H2,1H3,(H2,32,33,37). The van der Waals surface area contributed by atoms with Crippen molar-refractivity contribution in [1.29, 1.82) is 0 Å². The molecule has 6 heteroatoms. The number of hydrogen-bond donors (Lipinski definition) is 2. The van der Waals surface area contributed by atoms with E-state index in [1.165, 1.54) is 5.56 Å². The summed E-state index contributed by atoms with van der Waals surface area (Å²) in [6.07, 6.45) is 5.40. The van der Waals surface area contributed by atoms with Crippen molar-refractivity contribution in [2.24, 2.45) is 5.92 Å². The van der Waals surface area contributed by atoms with Crippen LogP contribution >= 0.6 is 0 Å². The first-order valence-corrected chi connectivity index (χ1v) is 13.4. The summed E-state index contributed by atoms with van der Waals surface area (Å²) in [5, 5.41) is 5.78. The maximum absolute atomic E-state index is 13.5. The molecule has 0 aromatic heterocycles. The van der Waals surface area contributed by atoms with Crippen LogP contribution in [-0.4, -0.2) is 43.0 Å². The maximum atomic E-state index is 13.5. The average molecular weight is 497 g/mol. The molecule has 0 atom stereocenters. The van der Waals surface area contributed by atoms with Crippen LogP contribution < -0.4 is 15.5 Å². The van der Waals surface area contributed by atoms with Gasteiger partial charge >= 0.3 is 6.03 Å². The fraction of sp³-hybridized carbons (Fsp3) is 0.355. The summed E-state index contributed by atoms with van der Waals surface area (Å²) in [7, 11) is 0. The van der Waals surface area contributed by atoms with E-state index in [2.05, 4.69) is 45.9 Å². The van der Waals surface area contributed by atoms with E-state index >= 15 is 0 Å². The predicted octanol–water partition coefficient (Wildman–Crippen LogP) is 6.33. The van der Waals surface area contributed by atoms with E-state index in [-0.39, 0.29) is 11.9 Å². The molecule has 5 rings (SSSR count). The van der Waals surface area contributed by atoms with Crippen LogP contribution in [0.1, 0.15) is 47.2 Å². The Kier molecular flexibility index (Phi) is 7.73. The van der Waals surface area contributed by atoms with Gasteiger partial charge in [-0.05, 0) is 80.8 Å². The zero-order chi connectivity index (χ0) is 25.6. The van der Waals surface area contributed by atoms with E-state index in [0.717, 1.165) is 75.2 Å². The highest BCUT2D eigenvalue weighted by molar-refractivity contribution is 6.04. The number of nitrogens with zero attached hydrogens (tertiary/aromatic N) is 2. The van der Waals surface area contributed by atoms with E-state index in [4.69, 9.17) is 0 Å². The van der Waals surface area contributed by atoms with Crippen LogP contribution in [0.4, 0.5) is 21.9 Å². The monoisotopic (exact) mass is 496 g/mol. The Balaban J connectivity index is 1.30. The molecule has 2 aliphatic heterocycles. The highest BCUT2D eigenvalue weighted by Gasteiger charge is 2.27. The number of piperidine rings is 1. The van der Waals surface area contributed by atoms with E-state index < -0.39 is 0 Å². The number of amides is 3. The minimum Gasteiger partial charge on any atom is -0.371 e. The molecule has 0 unspecified atom stereocenters. The fourth-order valence-corrected chi connectivity index (χ4v) is 5.41. The van der Waals surface area contributed by atoms with Gasteiger partial charge in [-0.1, -0.05) is 48.0 Å². The minimum atomic E-state index is -0.321. The van der Waals surface area contributed by atoms with Crippen molar-refractivity contribution >= 4 is 29.0 Å². The van der Waals surface area contributed by atoms with Gasteiger partial charge in [0.2, 0.25) is 0 Å². The number of carbonyl (C=O) groups excluding carboxylic acids is 2. The Morgan fingerprint density at radius 3 is 2.16 bits per heavy atom. The third kappa shape index (κ3) is 6.31. The molecule has 192 valence electrons. The number of anilines is 3. The quantitative estimate of drug-likeness (QED) is 0.419. The Hall–Kier alpha value is -3.80. The molecule has 3 aromatic carbocycles. The van der Waals surface area contributed by atoms with Gasteiger partial charge in [0, 0.05) is 43.2 Å². The molecule has 6 nitrogen and oxygen atoms in total. The topological polar surface area (TPSA) is 64.7 Å². The molecule has 0 spiro atoms. The molecular formula is C31H36N4O2. The van der Waals surface area contributed by atoms with Crippen LogP contribution in [0.2, 0.25) is 0 Å². The molecule has 2 saturated heterocycles. The van der Waals surface area contributed by atoms with E-state index in [9.17, 15) is 9.59 Å². The summed E-state index contributed by atoms with van der Waals surface area (Å²) in [5.41, 5.74) is 5.53. The van der Waals surface area contributed by atoms with Gasteiger partial charge in [0.15, 0.2) is 0 Å². The first-order chi connectivity index (χ1) is 18.0. The SMILES string of the molecule is Cc1ccc(NC(=O)Nc2ccc(N3CCC(Cc4ccccc4)CC3)c(C(=O)N3CCCC3)c2)cc1. The Labute approximate surface area is 219 Å². The first kappa shape index (κ1) is 24.9. The van der Waals surface area contributed by atoms with Crippen molar-refractivity contribution in [3.05, 3.63) is 89.5 Å². The molecule has 3 aromatic rings. The summed E-state index contributed by atoms with van der Waals surface area (Å²) < 4.78 is 0. The summed E-state index contributed by atoms with van der Waals surface area (Å²) in [4.78, 5) is 30.5. The molecule has 2 aliphatic rings. The predicted molar refractivity (Wildman–Crippen MR) is 150 cm³/mol. The number of rotatable bonds is 6. The van der Waals surface area contributed by atoms with Crippen LogP contribution in [0.25, 0.3) is 0 Å². The van der Waals surface area contributed by atoms with Crippen LogP contribution in [0.5, 0.6) is 0 Å². The lowest BCUT2D eigenvalue weighted by molar-refractivity contribution is 0.0793. The van der Waals surface area contributed by atoms with Crippen molar-refractivity contribution < 1.29 is 9.59 Å². The number of hydrogen-bond acceptors (Lipinski definition) is 3. The van der Waals surface area contributed by atoms with Gasteiger partial charge in [-0.15, -0.1) is 0 Å². The molecular weight excluding hydrogens is 460 g/mol. The summed E-state index contributed by atoms with van der Waals surface area (Å²) in [5.74, 6) is 0.712. The van der Waals surface area contributed by atoms with Crippen molar-refractivity contribution in [3.63, 3.8) is 0 Å². The summed E-state index contributed by atoms with van der Waals surface area (Å²) >= 11 is 0. The van der Waals surface area contributed by atoms with Crippen LogP contribution in [-0.2, 0) is 6.42 Å². The Morgan fingerprint density at radius 2 is 1.46 bits per heavy atom. The Morgan fingerprint density at radius 1 is 0.811 bits per heavy atom. The molecule has 0 radical (unpaired) electrons. The minimum absolute atomic E-state index is 0.0569. The molecule has 37 heavy (non-hydrogen) atoms. The lowest BCUT2D eigenvalue weighted by atomic mass is 9.89. The van der Waals surface area contributed by atoms with Crippen molar-refractivity contribution in [2.75, 3.05) is 41.7 Å². The molecule has 3 amide bonds. The number of nitrogens with one attached hydrogen (secondary N) is 2. The molecule has 0 aliphatic carbocycles. The number of likely N-dealkylation sites (tertiary alicyclic amines) is 1. The van der Waals surface area contributed by atoms with E-state index in [1.807, 2.05) is 54.3 Å². The molecule has 0 bridgehead atoms. The maximum Gasteiger partial charge on any atom is 0.323 e. The van der Waals surface area contributed by atoms with Gasteiger partial charge < -0.3 is 20.4 Å². The highest BCUT2D eigenvalue weighted by Crippen LogP contribution is 2.31. The second kappa shape index (κ2) is 11.5. The first-order valence-electron chi connectivity index (χ1n) is 13.4. The molecule has 2 heterocycles. The van der Waals surface area contributed by atoms with Gasteiger partial charge in [0.1, 0.15) is 0 Å². The van der Waals surface area contributed by atoms with Gasteiger partial charge in [-0.3, -0.25) is 4.79 Å². The number of aryl methyl sites for hydroxylation is 1. The molecule has 2 fully saturated rings. The summed E-state index contributed by atoms with van der Waals surface area (Å²) in [6, 6.07) is 23.8. The second-order valence-corrected chi connectivity index (χ2v) is 10.3. The number of urea groups is 1. The van der Waals surface area contributed by atoms with Crippen LogP contribution in [0.3, 0.4) is 0 Å². The van der Waals surface area contributed by atoms with Crippen molar-refractivity contribution in [2.45, 2.75) is 39.0 Å². The normalized spacial score (nSPS) is 16.0. The van der Waals surface area contributed by atoms with Crippen LogP contribution in [0, 0.1) is 12.8 Å². The second-order valence-electron chi connectivity index (χ2n) is 10.3. The lowest BCUT2D eigenvalue weighted by Gasteiger charge is -2.35. The molecule has 0 saturated carbocycles. The molecule has 2 N–H and O–H groups in total. The lowest BCUT2D eigenvalue weighted by Crippen LogP contribution is -2.36. The fourth-order valence-electron chi connectivity index (χ4n) is 5.41. The number of benzene rings is 3. The average Bonchev–Trinajstić information content (AvgIpc) is 3.46. The van der Waals surface area contributed by atoms with E-state index in [1.54, 1.807) is 0 Å². The Bertz CT molecular complexity index is 1210. The third-order valence-corrected chi connectivity index (χ3v) is 7.51. The van der Waals surface area contributed by atoms with Gasteiger partial charge in [-0.25, -0.2) is 4.79 Å². The van der Waals surface area contributed by atoms with Crippen LogP contribution in [0.15, 0.2) is 72.8 Å². The largest absolute Gasteiger partial charge is 0.371 e. The van der Waals surface area contributed by atoms with Crippen molar-refractivity contribution in [3.8, 4) is 0 Å². The summed E-state index contributed by atoms with van der Waals surface area (Å²) in [6.45, 7) is 5.46. The number of carbonyl (C=O) groups is 2. The van der Waals surface area contributed by atoms with Gasteiger partial charge in [-0.2, -0.15) is 0 Å². The van der Waals surface area contributed by atoms with Crippen molar-refractivity contribution in [1.82, 2.24) is 4.90 Å². The highest BCUT2D eigenvalue weighted by atomic mass is 16.2.